The first kappa shape index (κ1) is 15.8. The molecule has 0 saturated heterocycles. The first-order valence-corrected chi connectivity index (χ1v) is 5.93. The number of nitrogens with one attached hydrogen (secondary N) is 2. The molecule has 20 heavy (non-hydrogen) atoms. The Bertz CT molecular complexity index is 496. The fraction of sp³-hybridized carbons (Fsp3) is 0.417. The van der Waals surface area contributed by atoms with Crippen LogP contribution in [0.5, 0.6) is 0 Å². The van der Waals surface area contributed by atoms with Gasteiger partial charge < -0.3 is 15.4 Å². The largest absolute Gasteiger partial charge is 0.383 e. The molecule has 1 amide bonds. The normalized spacial score (nSPS) is 11.8. The third-order valence-corrected chi connectivity index (χ3v) is 2.53. The van der Waals surface area contributed by atoms with E-state index in [0.717, 1.165) is 12.1 Å². The number of halogens is 1. The molecule has 7 nitrogen and oxygen atoms in total. The maximum atomic E-state index is 13.0. The van der Waals surface area contributed by atoms with Gasteiger partial charge in [0.2, 0.25) is 5.91 Å². The molecular weight excluding hydrogens is 269 g/mol. The van der Waals surface area contributed by atoms with Gasteiger partial charge in [0.1, 0.15) is 17.5 Å². The SMILES string of the molecule is COCCNC(=O)C(C)Nc1ccc(F)cc1[N+](=O)[O-]. The van der Waals surface area contributed by atoms with Gasteiger partial charge in [0, 0.05) is 13.7 Å². The van der Waals surface area contributed by atoms with Crippen LogP contribution in [0, 0.1) is 15.9 Å². The fourth-order valence-corrected chi connectivity index (χ4v) is 1.51. The number of rotatable bonds is 7. The van der Waals surface area contributed by atoms with E-state index in [-0.39, 0.29) is 11.6 Å². The van der Waals surface area contributed by atoms with Crippen LogP contribution in [0.25, 0.3) is 0 Å². The Morgan fingerprint density at radius 1 is 1.55 bits per heavy atom. The highest BCUT2D eigenvalue weighted by atomic mass is 19.1. The summed E-state index contributed by atoms with van der Waals surface area (Å²) in [5, 5.41) is 16.1. The van der Waals surface area contributed by atoms with E-state index >= 15 is 0 Å². The second-order valence-electron chi connectivity index (χ2n) is 4.07. The third-order valence-electron chi connectivity index (χ3n) is 2.53. The van der Waals surface area contributed by atoms with Crippen LogP contribution in [-0.4, -0.2) is 37.1 Å². The lowest BCUT2D eigenvalue weighted by Crippen LogP contribution is -2.39. The summed E-state index contributed by atoms with van der Waals surface area (Å²) in [6.07, 6.45) is 0. The number of carbonyl (C=O) groups excluding carboxylic acids is 1. The van der Waals surface area contributed by atoms with E-state index in [1.54, 1.807) is 6.92 Å². The maximum absolute atomic E-state index is 13.0. The average molecular weight is 285 g/mol. The number of hydrogen-bond acceptors (Lipinski definition) is 5. The number of anilines is 1. The van der Waals surface area contributed by atoms with Gasteiger partial charge in [-0.1, -0.05) is 0 Å². The summed E-state index contributed by atoms with van der Waals surface area (Å²) in [5.41, 5.74) is -0.327. The number of hydrogen-bond donors (Lipinski definition) is 2. The molecule has 0 aromatic heterocycles. The van der Waals surface area contributed by atoms with Crippen molar-refractivity contribution < 1.29 is 18.8 Å². The maximum Gasteiger partial charge on any atom is 0.295 e. The van der Waals surface area contributed by atoms with Crippen LogP contribution in [0.1, 0.15) is 6.92 Å². The zero-order valence-corrected chi connectivity index (χ0v) is 11.2. The molecule has 0 saturated carbocycles. The molecule has 0 aliphatic rings. The highest BCUT2D eigenvalue weighted by Crippen LogP contribution is 2.25. The summed E-state index contributed by atoms with van der Waals surface area (Å²) in [6.45, 7) is 2.26. The van der Waals surface area contributed by atoms with Crippen molar-refractivity contribution in [2.75, 3.05) is 25.6 Å². The smallest absolute Gasteiger partial charge is 0.295 e. The van der Waals surface area contributed by atoms with Crippen molar-refractivity contribution in [2.45, 2.75) is 13.0 Å². The Morgan fingerprint density at radius 2 is 2.25 bits per heavy atom. The van der Waals surface area contributed by atoms with Gasteiger partial charge in [-0.2, -0.15) is 0 Å². The Kier molecular flexibility index (Phi) is 5.85. The summed E-state index contributed by atoms with van der Waals surface area (Å²) >= 11 is 0. The van der Waals surface area contributed by atoms with Crippen LogP contribution in [-0.2, 0) is 9.53 Å². The number of methoxy groups -OCH3 is 1. The Morgan fingerprint density at radius 3 is 2.85 bits per heavy atom. The molecule has 0 radical (unpaired) electrons. The van der Waals surface area contributed by atoms with Gasteiger partial charge in [0.15, 0.2) is 0 Å². The van der Waals surface area contributed by atoms with Crippen LogP contribution >= 0.6 is 0 Å². The number of carbonyl (C=O) groups is 1. The second kappa shape index (κ2) is 7.39. The minimum atomic E-state index is -0.709. The number of ether oxygens (including phenoxy) is 1. The lowest BCUT2D eigenvalue weighted by molar-refractivity contribution is -0.384. The molecule has 1 aromatic carbocycles. The zero-order valence-electron chi connectivity index (χ0n) is 11.2. The summed E-state index contributed by atoms with van der Waals surface area (Å²) in [5.74, 6) is -1.04. The van der Waals surface area contributed by atoms with Gasteiger partial charge >= 0.3 is 0 Å². The molecule has 0 heterocycles. The average Bonchev–Trinajstić information content (AvgIpc) is 2.40. The van der Waals surface area contributed by atoms with Crippen LogP contribution < -0.4 is 10.6 Å². The Labute approximate surface area is 115 Å². The Balaban J connectivity index is 2.72. The summed E-state index contributed by atoms with van der Waals surface area (Å²) in [4.78, 5) is 21.8. The lowest BCUT2D eigenvalue weighted by atomic mass is 10.2. The van der Waals surface area contributed by atoms with E-state index in [1.807, 2.05) is 0 Å². The molecule has 0 bridgehead atoms. The number of benzene rings is 1. The standard InChI is InChI=1S/C12H16FN3O4/c1-8(12(17)14-5-6-20-2)15-10-4-3-9(13)7-11(10)16(18)19/h3-4,7-8,15H,5-6H2,1-2H3,(H,14,17). The number of nitro benzene ring substituents is 1. The number of nitrogens with zero attached hydrogens (tertiary/aromatic N) is 1. The van der Waals surface area contributed by atoms with E-state index in [4.69, 9.17) is 4.74 Å². The minimum Gasteiger partial charge on any atom is -0.383 e. The summed E-state index contributed by atoms with van der Waals surface area (Å²) < 4.78 is 17.8. The van der Waals surface area contributed by atoms with E-state index in [1.165, 1.54) is 13.2 Å². The minimum absolute atomic E-state index is 0.0887. The molecule has 0 spiro atoms. The van der Waals surface area contributed by atoms with Gasteiger partial charge in [0.05, 0.1) is 17.6 Å². The zero-order chi connectivity index (χ0) is 15.1. The summed E-state index contributed by atoms with van der Waals surface area (Å²) in [6, 6.07) is 2.42. The molecule has 8 heteroatoms. The molecular formula is C12H16FN3O4. The Hall–Kier alpha value is -2.22. The van der Waals surface area contributed by atoms with Crippen molar-refractivity contribution in [2.24, 2.45) is 0 Å². The van der Waals surface area contributed by atoms with Crippen molar-refractivity contribution in [3.63, 3.8) is 0 Å². The van der Waals surface area contributed by atoms with Gasteiger partial charge in [-0.05, 0) is 19.1 Å². The molecule has 1 unspecified atom stereocenters. The first-order valence-electron chi connectivity index (χ1n) is 5.93. The molecule has 1 rings (SSSR count). The predicted molar refractivity (Wildman–Crippen MR) is 71.0 cm³/mol. The molecule has 2 N–H and O–H groups in total. The van der Waals surface area contributed by atoms with Crippen LogP contribution in [0.4, 0.5) is 15.8 Å². The van der Waals surface area contributed by atoms with Crippen molar-refractivity contribution in [1.82, 2.24) is 5.32 Å². The highest BCUT2D eigenvalue weighted by molar-refractivity contribution is 5.85. The van der Waals surface area contributed by atoms with E-state index in [2.05, 4.69) is 10.6 Å². The van der Waals surface area contributed by atoms with Crippen molar-refractivity contribution in [3.8, 4) is 0 Å². The number of nitro groups is 1. The summed E-state index contributed by atoms with van der Waals surface area (Å²) in [7, 11) is 1.51. The molecule has 110 valence electrons. The third kappa shape index (κ3) is 4.47. The first-order chi connectivity index (χ1) is 9.45. The fourth-order valence-electron chi connectivity index (χ4n) is 1.51. The van der Waals surface area contributed by atoms with Crippen molar-refractivity contribution >= 4 is 17.3 Å². The highest BCUT2D eigenvalue weighted by Gasteiger charge is 2.19. The van der Waals surface area contributed by atoms with Crippen LogP contribution in [0.15, 0.2) is 18.2 Å². The van der Waals surface area contributed by atoms with Gasteiger partial charge in [0.25, 0.3) is 5.69 Å². The van der Waals surface area contributed by atoms with Gasteiger partial charge in [-0.15, -0.1) is 0 Å². The van der Waals surface area contributed by atoms with E-state index < -0.39 is 22.5 Å². The topological polar surface area (TPSA) is 93.5 Å². The monoisotopic (exact) mass is 285 g/mol. The second-order valence-corrected chi connectivity index (χ2v) is 4.07. The number of amides is 1. The predicted octanol–water partition coefficient (Wildman–Crippen LogP) is 1.30. The van der Waals surface area contributed by atoms with E-state index in [9.17, 15) is 19.3 Å². The van der Waals surface area contributed by atoms with Gasteiger partial charge in [-0.25, -0.2) is 4.39 Å². The van der Waals surface area contributed by atoms with Gasteiger partial charge in [-0.3, -0.25) is 14.9 Å². The van der Waals surface area contributed by atoms with Crippen LogP contribution in [0.3, 0.4) is 0 Å². The van der Waals surface area contributed by atoms with Crippen molar-refractivity contribution in [3.05, 3.63) is 34.1 Å². The van der Waals surface area contributed by atoms with Crippen LogP contribution in [0.2, 0.25) is 0 Å². The molecule has 0 aliphatic carbocycles. The quantitative estimate of drug-likeness (QED) is 0.447. The molecule has 0 aliphatic heterocycles. The molecule has 1 atom stereocenters. The molecule has 1 aromatic rings. The van der Waals surface area contributed by atoms with Crippen molar-refractivity contribution in [1.29, 1.82) is 0 Å². The lowest BCUT2D eigenvalue weighted by Gasteiger charge is -2.15. The van der Waals surface area contributed by atoms with E-state index in [0.29, 0.717) is 13.2 Å². The molecule has 0 fully saturated rings.